The predicted molar refractivity (Wildman–Crippen MR) is 81.9 cm³/mol. The standard InChI is InChI=1S/C16H29N3O/c1-12-7-6-8-16(11-12,20-5)15(17-3)10-14-9-13(2)18-19(14)4/h9,12,15,17H,6-8,10-11H2,1-5H3. The first-order valence-corrected chi connectivity index (χ1v) is 7.72. The average Bonchev–Trinajstić information content (AvgIpc) is 2.74. The Hall–Kier alpha value is -0.870. The minimum atomic E-state index is -0.0371. The third-order valence-corrected chi connectivity index (χ3v) is 4.89. The molecule has 1 aliphatic rings. The molecule has 1 fully saturated rings. The fourth-order valence-corrected chi connectivity index (χ4v) is 3.80. The normalized spacial score (nSPS) is 28.6. The Labute approximate surface area is 122 Å². The van der Waals surface area contributed by atoms with E-state index in [-0.39, 0.29) is 5.60 Å². The van der Waals surface area contributed by atoms with Gasteiger partial charge in [0, 0.05) is 32.3 Å². The van der Waals surface area contributed by atoms with Crippen molar-refractivity contribution < 1.29 is 4.74 Å². The van der Waals surface area contributed by atoms with Crippen LogP contribution in [0, 0.1) is 12.8 Å². The summed E-state index contributed by atoms with van der Waals surface area (Å²) in [7, 11) is 5.95. The number of likely N-dealkylation sites (N-methyl/N-ethyl adjacent to an activating group) is 1. The second-order valence-corrected chi connectivity index (χ2v) is 6.42. The Bertz CT molecular complexity index is 443. The lowest BCUT2D eigenvalue weighted by Crippen LogP contribution is -2.54. The smallest absolute Gasteiger partial charge is 0.0837 e. The summed E-state index contributed by atoms with van der Waals surface area (Å²) in [5.74, 6) is 0.743. The van der Waals surface area contributed by atoms with Crippen LogP contribution in [0.15, 0.2) is 6.07 Å². The van der Waals surface area contributed by atoms with Gasteiger partial charge in [0.15, 0.2) is 0 Å². The van der Waals surface area contributed by atoms with Crippen molar-refractivity contribution in [3.05, 3.63) is 17.5 Å². The first-order valence-electron chi connectivity index (χ1n) is 7.72. The topological polar surface area (TPSA) is 39.1 Å². The van der Waals surface area contributed by atoms with Gasteiger partial charge < -0.3 is 10.1 Å². The molecule has 1 aromatic heterocycles. The highest BCUT2D eigenvalue weighted by Gasteiger charge is 2.41. The van der Waals surface area contributed by atoms with Crippen LogP contribution in [0.25, 0.3) is 0 Å². The van der Waals surface area contributed by atoms with Crippen molar-refractivity contribution in [2.45, 2.75) is 57.6 Å². The van der Waals surface area contributed by atoms with Crippen LogP contribution in [0.4, 0.5) is 0 Å². The Balaban J connectivity index is 2.19. The molecule has 0 bridgehead atoms. The average molecular weight is 279 g/mol. The lowest BCUT2D eigenvalue weighted by Gasteiger charge is -2.44. The summed E-state index contributed by atoms with van der Waals surface area (Å²) >= 11 is 0. The summed E-state index contributed by atoms with van der Waals surface area (Å²) in [6.45, 7) is 4.39. The van der Waals surface area contributed by atoms with Gasteiger partial charge in [-0.1, -0.05) is 19.8 Å². The third kappa shape index (κ3) is 3.07. The molecule has 4 heteroatoms. The molecule has 1 heterocycles. The molecule has 20 heavy (non-hydrogen) atoms. The van der Waals surface area contributed by atoms with Gasteiger partial charge in [-0.25, -0.2) is 0 Å². The highest BCUT2D eigenvalue weighted by atomic mass is 16.5. The molecule has 3 atom stereocenters. The fourth-order valence-electron chi connectivity index (χ4n) is 3.80. The number of hydrogen-bond acceptors (Lipinski definition) is 3. The molecule has 114 valence electrons. The van der Waals surface area contributed by atoms with Crippen LogP contribution in [0.5, 0.6) is 0 Å². The quantitative estimate of drug-likeness (QED) is 0.900. The lowest BCUT2D eigenvalue weighted by atomic mass is 9.73. The van der Waals surface area contributed by atoms with Crippen molar-refractivity contribution in [3.8, 4) is 0 Å². The van der Waals surface area contributed by atoms with Gasteiger partial charge in [-0.3, -0.25) is 4.68 Å². The molecule has 1 N–H and O–H groups in total. The highest BCUT2D eigenvalue weighted by Crippen LogP contribution is 2.38. The Morgan fingerprint density at radius 3 is 2.85 bits per heavy atom. The molecule has 0 spiro atoms. The van der Waals surface area contributed by atoms with E-state index in [0.717, 1.165) is 30.9 Å². The summed E-state index contributed by atoms with van der Waals surface area (Å²) in [6.07, 6.45) is 5.85. The maximum atomic E-state index is 6.03. The molecule has 0 saturated heterocycles. The number of aryl methyl sites for hydroxylation is 2. The van der Waals surface area contributed by atoms with Gasteiger partial charge >= 0.3 is 0 Å². The van der Waals surface area contributed by atoms with E-state index in [0.29, 0.717) is 6.04 Å². The minimum Gasteiger partial charge on any atom is -0.377 e. The molecule has 1 saturated carbocycles. The summed E-state index contributed by atoms with van der Waals surface area (Å²) in [4.78, 5) is 0. The zero-order chi connectivity index (χ0) is 14.8. The van der Waals surface area contributed by atoms with Gasteiger partial charge in [-0.2, -0.15) is 5.10 Å². The Kier molecular flexibility index (Phi) is 4.86. The molecule has 1 aromatic rings. The molecule has 0 radical (unpaired) electrons. The summed E-state index contributed by atoms with van der Waals surface area (Å²) < 4.78 is 8.02. The van der Waals surface area contributed by atoms with E-state index in [4.69, 9.17) is 4.74 Å². The van der Waals surface area contributed by atoms with Gasteiger partial charge in [0.2, 0.25) is 0 Å². The molecule has 0 aliphatic heterocycles. The van der Waals surface area contributed by atoms with Gasteiger partial charge in [0.1, 0.15) is 0 Å². The second kappa shape index (κ2) is 6.27. The first kappa shape index (κ1) is 15.5. The van der Waals surface area contributed by atoms with E-state index in [1.54, 1.807) is 0 Å². The van der Waals surface area contributed by atoms with E-state index < -0.39 is 0 Å². The Morgan fingerprint density at radius 1 is 1.60 bits per heavy atom. The van der Waals surface area contributed by atoms with Crippen molar-refractivity contribution in [3.63, 3.8) is 0 Å². The van der Waals surface area contributed by atoms with Gasteiger partial charge in [0.05, 0.1) is 11.3 Å². The monoisotopic (exact) mass is 279 g/mol. The second-order valence-electron chi connectivity index (χ2n) is 6.42. The fraction of sp³-hybridized carbons (Fsp3) is 0.812. The van der Waals surface area contributed by atoms with Crippen LogP contribution >= 0.6 is 0 Å². The zero-order valence-corrected chi connectivity index (χ0v) is 13.6. The zero-order valence-electron chi connectivity index (χ0n) is 13.6. The van der Waals surface area contributed by atoms with Crippen LogP contribution in [0.2, 0.25) is 0 Å². The minimum absolute atomic E-state index is 0.0371. The van der Waals surface area contributed by atoms with Gasteiger partial charge in [0.25, 0.3) is 0 Å². The van der Waals surface area contributed by atoms with Crippen LogP contribution < -0.4 is 5.32 Å². The number of nitrogens with one attached hydrogen (secondary N) is 1. The molecular formula is C16H29N3O. The van der Waals surface area contributed by atoms with Crippen LogP contribution in [-0.4, -0.2) is 35.6 Å². The van der Waals surface area contributed by atoms with Crippen LogP contribution in [0.1, 0.15) is 44.0 Å². The van der Waals surface area contributed by atoms with Gasteiger partial charge in [-0.15, -0.1) is 0 Å². The number of nitrogens with zero attached hydrogens (tertiary/aromatic N) is 2. The molecule has 1 aliphatic carbocycles. The molecule has 3 unspecified atom stereocenters. The van der Waals surface area contributed by atoms with E-state index in [1.165, 1.54) is 18.5 Å². The lowest BCUT2D eigenvalue weighted by molar-refractivity contribution is -0.0778. The van der Waals surface area contributed by atoms with Gasteiger partial charge in [-0.05, 0) is 38.8 Å². The van der Waals surface area contributed by atoms with E-state index in [9.17, 15) is 0 Å². The molecule has 0 amide bonds. The van der Waals surface area contributed by atoms with Crippen molar-refractivity contribution >= 4 is 0 Å². The molecule has 4 nitrogen and oxygen atoms in total. The van der Waals surface area contributed by atoms with E-state index >= 15 is 0 Å². The predicted octanol–water partition coefficient (Wildman–Crippen LogP) is 2.45. The van der Waals surface area contributed by atoms with Crippen LogP contribution in [-0.2, 0) is 18.2 Å². The number of aromatic nitrogens is 2. The maximum Gasteiger partial charge on any atom is 0.0837 e. The first-order chi connectivity index (χ1) is 9.50. The van der Waals surface area contributed by atoms with Crippen molar-refractivity contribution in [2.24, 2.45) is 13.0 Å². The largest absolute Gasteiger partial charge is 0.377 e. The molecular weight excluding hydrogens is 250 g/mol. The summed E-state index contributed by atoms with van der Waals surface area (Å²) in [5, 5.41) is 7.96. The SMILES string of the molecule is CNC(Cc1cc(C)nn1C)C1(OC)CCCC(C)C1. The van der Waals surface area contributed by atoms with Crippen molar-refractivity contribution in [1.82, 2.24) is 15.1 Å². The number of methoxy groups -OCH3 is 1. The summed E-state index contributed by atoms with van der Waals surface area (Å²) in [5.41, 5.74) is 2.32. The maximum absolute atomic E-state index is 6.03. The number of rotatable bonds is 5. The third-order valence-electron chi connectivity index (χ3n) is 4.89. The molecule has 0 aromatic carbocycles. The summed E-state index contributed by atoms with van der Waals surface area (Å²) in [6, 6.07) is 2.52. The number of hydrogen-bond donors (Lipinski definition) is 1. The van der Waals surface area contributed by atoms with Crippen molar-refractivity contribution in [2.75, 3.05) is 14.2 Å². The van der Waals surface area contributed by atoms with E-state index in [1.807, 2.05) is 32.8 Å². The van der Waals surface area contributed by atoms with Crippen molar-refractivity contribution in [1.29, 1.82) is 0 Å². The van der Waals surface area contributed by atoms with Crippen LogP contribution in [0.3, 0.4) is 0 Å². The molecule has 2 rings (SSSR count). The highest BCUT2D eigenvalue weighted by molar-refractivity contribution is 5.12. The Morgan fingerprint density at radius 2 is 2.35 bits per heavy atom. The van der Waals surface area contributed by atoms with E-state index in [2.05, 4.69) is 23.4 Å². The number of ether oxygens (including phenoxy) is 1.